The largest absolute Gasteiger partial charge is 0.359 e. The van der Waals surface area contributed by atoms with E-state index in [9.17, 15) is 0 Å². The van der Waals surface area contributed by atoms with Crippen LogP contribution in [0, 0.1) is 5.92 Å². The topological polar surface area (TPSA) is 50.1 Å². The average molecular weight is 173 g/mol. The Morgan fingerprint density at radius 3 is 3.00 bits per heavy atom. The van der Waals surface area contributed by atoms with Crippen molar-refractivity contribution in [2.75, 3.05) is 0 Å². The number of thiocarbonyl (C=S) groups is 1. The number of nitrogens with one attached hydrogen (secondary N) is 2. The van der Waals surface area contributed by atoms with Crippen LogP contribution >= 0.6 is 12.2 Å². The Hall–Kier alpha value is -0.350. The summed E-state index contributed by atoms with van der Waals surface area (Å²) in [7, 11) is 0. The third kappa shape index (κ3) is 2.63. The van der Waals surface area contributed by atoms with Crippen LogP contribution in [0.3, 0.4) is 0 Å². The lowest BCUT2D eigenvalue weighted by molar-refractivity contribution is 0.660. The highest BCUT2D eigenvalue weighted by molar-refractivity contribution is 7.80. The summed E-state index contributed by atoms with van der Waals surface area (Å²) in [4.78, 5) is 0. The molecule has 3 nitrogen and oxygen atoms in total. The summed E-state index contributed by atoms with van der Waals surface area (Å²) in [5.74, 6) is 5.94. The molecular formula is C7H15N3S. The Morgan fingerprint density at radius 2 is 2.45 bits per heavy atom. The van der Waals surface area contributed by atoms with Gasteiger partial charge in [-0.25, -0.2) is 5.84 Å². The molecule has 1 saturated carbocycles. The van der Waals surface area contributed by atoms with Gasteiger partial charge in [-0.2, -0.15) is 0 Å². The first-order valence-corrected chi connectivity index (χ1v) is 4.45. The van der Waals surface area contributed by atoms with Crippen molar-refractivity contribution in [1.82, 2.24) is 10.7 Å². The quantitative estimate of drug-likeness (QED) is 0.331. The zero-order valence-corrected chi connectivity index (χ0v) is 7.58. The van der Waals surface area contributed by atoms with E-state index in [1.54, 1.807) is 0 Å². The van der Waals surface area contributed by atoms with Crippen LogP contribution < -0.4 is 16.6 Å². The molecule has 1 aliphatic rings. The lowest BCUT2D eigenvalue weighted by Gasteiger charge is -2.04. The van der Waals surface area contributed by atoms with Gasteiger partial charge in [0.1, 0.15) is 0 Å². The van der Waals surface area contributed by atoms with E-state index < -0.39 is 0 Å². The Kier molecular flexibility index (Phi) is 3.08. The number of hydrazine groups is 1. The summed E-state index contributed by atoms with van der Waals surface area (Å²) in [6.07, 6.45) is 3.80. The second-order valence-electron chi connectivity index (χ2n) is 3.01. The monoisotopic (exact) mass is 173 g/mol. The van der Waals surface area contributed by atoms with Gasteiger partial charge in [0.2, 0.25) is 0 Å². The first-order valence-electron chi connectivity index (χ1n) is 4.05. The molecule has 0 heterocycles. The van der Waals surface area contributed by atoms with Crippen LogP contribution in [0.1, 0.15) is 26.2 Å². The van der Waals surface area contributed by atoms with Crippen molar-refractivity contribution in [2.24, 2.45) is 11.8 Å². The van der Waals surface area contributed by atoms with Crippen molar-refractivity contribution < 1.29 is 0 Å². The third-order valence-corrected chi connectivity index (χ3v) is 2.27. The summed E-state index contributed by atoms with van der Waals surface area (Å²) in [5, 5.41) is 3.70. The molecule has 4 N–H and O–H groups in total. The van der Waals surface area contributed by atoms with Crippen molar-refractivity contribution in [1.29, 1.82) is 0 Å². The van der Waals surface area contributed by atoms with Crippen molar-refractivity contribution in [3.63, 3.8) is 0 Å². The van der Waals surface area contributed by atoms with Crippen LogP contribution in [0.25, 0.3) is 0 Å². The van der Waals surface area contributed by atoms with E-state index in [0.29, 0.717) is 11.2 Å². The second kappa shape index (κ2) is 3.88. The predicted octanol–water partition coefficient (Wildman–Crippen LogP) is 0.513. The highest BCUT2D eigenvalue weighted by Gasteiger charge is 2.36. The molecule has 0 amide bonds. The minimum absolute atomic E-state index is 0.564. The zero-order valence-electron chi connectivity index (χ0n) is 6.76. The molecule has 0 aliphatic heterocycles. The standard InChI is InChI=1S/C7H15N3S/c1-2-3-5-4-6(5)9-7(11)10-8/h5-6H,2-4,8H2,1H3,(H2,9,10,11). The molecule has 0 aromatic carbocycles. The number of nitrogens with two attached hydrogens (primary N) is 1. The summed E-state index contributed by atoms with van der Waals surface area (Å²) < 4.78 is 0. The minimum atomic E-state index is 0.564. The van der Waals surface area contributed by atoms with Gasteiger partial charge in [-0.15, -0.1) is 0 Å². The zero-order chi connectivity index (χ0) is 8.27. The van der Waals surface area contributed by atoms with Crippen molar-refractivity contribution in [2.45, 2.75) is 32.2 Å². The van der Waals surface area contributed by atoms with Gasteiger partial charge in [0.25, 0.3) is 0 Å². The maximum absolute atomic E-state index is 5.11. The van der Waals surface area contributed by atoms with E-state index in [0.717, 1.165) is 5.92 Å². The molecule has 0 spiro atoms. The highest BCUT2D eigenvalue weighted by atomic mass is 32.1. The fraction of sp³-hybridized carbons (Fsp3) is 0.857. The van der Waals surface area contributed by atoms with Gasteiger partial charge in [0, 0.05) is 6.04 Å². The van der Waals surface area contributed by atoms with Crippen molar-refractivity contribution in [3.8, 4) is 0 Å². The molecule has 11 heavy (non-hydrogen) atoms. The molecule has 1 aliphatic carbocycles. The van der Waals surface area contributed by atoms with Gasteiger partial charge in [-0.1, -0.05) is 13.3 Å². The lowest BCUT2D eigenvalue weighted by Crippen LogP contribution is -2.41. The molecule has 1 fully saturated rings. The van der Waals surface area contributed by atoms with Gasteiger partial charge in [0.05, 0.1) is 0 Å². The lowest BCUT2D eigenvalue weighted by atomic mass is 10.2. The van der Waals surface area contributed by atoms with Crippen LogP contribution in [0.15, 0.2) is 0 Å². The van der Waals surface area contributed by atoms with E-state index in [2.05, 4.69) is 17.7 Å². The molecule has 0 saturated heterocycles. The molecule has 0 aromatic rings. The highest BCUT2D eigenvalue weighted by Crippen LogP contribution is 2.34. The fourth-order valence-electron chi connectivity index (χ4n) is 1.32. The van der Waals surface area contributed by atoms with Gasteiger partial charge in [-0.3, -0.25) is 0 Å². The first kappa shape index (κ1) is 8.74. The smallest absolute Gasteiger partial charge is 0.180 e. The van der Waals surface area contributed by atoms with E-state index in [4.69, 9.17) is 18.1 Å². The van der Waals surface area contributed by atoms with E-state index in [-0.39, 0.29) is 0 Å². The van der Waals surface area contributed by atoms with E-state index in [1.165, 1.54) is 19.3 Å². The minimum Gasteiger partial charge on any atom is -0.359 e. The SMILES string of the molecule is CCCC1CC1NC(=S)NN. The number of hydrogen-bond donors (Lipinski definition) is 3. The van der Waals surface area contributed by atoms with Crippen LogP contribution in [-0.2, 0) is 0 Å². The Balaban J connectivity index is 2.08. The summed E-state index contributed by atoms with van der Waals surface area (Å²) >= 11 is 4.86. The number of rotatable bonds is 3. The summed E-state index contributed by atoms with van der Waals surface area (Å²) in [5.41, 5.74) is 2.42. The summed E-state index contributed by atoms with van der Waals surface area (Å²) in [6.45, 7) is 2.20. The van der Waals surface area contributed by atoms with Crippen molar-refractivity contribution in [3.05, 3.63) is 0 Å². The molecule has 2 atom stereocenters. The first-order chi connectivity index (χ1) is 5.27. The normalized spacial score (nSPS) is 27.8. The van der Waals surface area contributed by atoms with Gasteiger partial charge >= 0.3 is 0 Å². The van der Waals surface area contributed by atoms with Gasteiger partial charge < -0.3 is 10.7 Å². The van der Waals surface area contributed by atoms with Gasteiger partial charge in [-0.05, 0) is 31.0 Å². The average Bonchev–Trinajstić information content (AvgIpc) is 2.69. The van der Waals surface area contributed by atoms with Crippen molar-refractivity contribution >= 4 is 17.3 Å². The van der Waals surface area contributed by atoms with Crippen LogP contribution in [-0.4, -0.2) is 11.2 Å². The predicted molar refractivity (Wildman–Crippen MR) is 49.9 cm³/mol. The molecule has 4 heteroatoms. The molecular weight excluding hydrogens is 158 g/mol. The summed E-state index contributed by atoms with van der Waals surface area (Å²) in [6, 6.07) is 0.582. The molecule has 2 unspecified atom stereocenters. The number of hydrogen-bond acceptors (Lipinski definition) is 2. The maximum atomic E-state index is 5.11. The Morgan fingerprint density at radius 1 is 1.73 bits per heavy atom. The van der Waals surface area contributed by atoms with Crippen LogP contribution in [0.4, 0.5) is 0 Å². The fourth-order valence-corrected chi connectivity index (χ4v) is 1.48. The third-order valence-electron chi connectivity index (χ3n) is 2.03. The molecule has 1 rings (SSSR count). The molecule has 0 radical (unpaired) electrons. The Labute approximate surface area is 72.7 Å². The van der Waals surface area contributed by atoms with E-state index in [1.807, 2.05) is 0 Å². The molecule has 0 aromatic heterocycles. The van der Waals surface area contributed by atoms with Crippen LogP contribution in [0.5, 0.6) is 0 Å². The maximum Gasteiger partial charge on any atom is 0.180 e. The van der Waals surface area contributed by atoms with E-state index >= 15 is 0 Å². The molecule has 64 valence electrons. The second-order valence-corrected chi connectivity index (χ2v) is 3.42. The van der Waals surface area contributed by atoms with Crippen LogP contribution in [0.2, 0.25) is 0 Å². The molecule has 0 bridgehead atoms. The van der Waals surface area contributed by atoms with Gasteiger partial charge in [0.15, 0.2) is 5.11 Å². The Bertz CT molecular complexity index is 149.